The van der Waals surface area contributed by atoms with Gasteiger partial charge in [0, 0.05) is 11.6 Å². The molecule has 0 amide bonds. The highest BCUT2D eigenvalue weighted by molar-refractivity contribution is 5.32. The topological polar surface area (TPSA) is 55.5 Å². The van der Waals surface area contributed by atoms with Crippen molar-refractivity contribution in [3.05, 3.63) is 29.6 Å². The van der Waals surface area contributed by atoms with Crippen molar-refractivity contribution in [3.8, 4) is 5.75 Å². The van der Waals surface area contributed by atoms with E-state index in [1.165, 1.54) is 6.92 Å². The molecular weight excluding hydrogens is 242 g/mol. The highest BCUT2D eigenvalue weighted by Gasteiger charge is 2.31. The standard InChI is InChI=1S/C10H11F4NO2/c1-5(15)9(16)7-4-6(2-3-8(7)11)17-10(12,13)14/h2-5,9,16H,15H2,1H3/t5-,9-/m1/s1. The number of alkyl halides is 3. The second-order valence-corrected chi connectivity index (χ2v) is 3.54. The number of ether oxygens (including phenoxy) is 1. The molecule has 0 unspecified atom stereocenters. The summed E-state index contributed by atoms with van der Waals surface area (Å²) in [6.07, 6.45) is -6.26. The van der Waals surface area contributed by atoms with E-state index >= 15 is 0 Å². The normalized spacial score (nSPS) is 15.5. The maximum Gasteiger partial charge on any atom is 0.573 e. The Kier molecular flexibility index (Phi) is 3.94. The van der Waals surface area contributed by atoms with Crippen molar-refractivity contribution < 1.29 is 27.4 Å². The minimum absolute atomic E-state index is 0.332. The van der Waals surface area contributed by atoms with Crippen LogP contribution in [-0.4, -0.2) is 17.5 Å². The van der Waals surface area contributed by atoms with Crippen LogP contribution >= 0.6 is 0 Å². The van der Waals surface area contributed by atoms with E-state index in [1.807, 2.05) is 0 Å². The van der Waals surface area contributed by atoms with Gasteiger partial charge in [0.25, 0.3) is 0 Å². The fourth-order valence-corrected chi connectivity index (χ4v) is 1.23. The lowest BCUT2D eigenvalue weighted by atomic mass is 10.0. The van der Waals surface area contributed by atoms with Crippen molar-refractivity contribution in [1.82, 2.24) is 0 Å². The van der Waals surface area contributed by atoms with Crippen LogP contribution in [-0.2, 0) is 0 Å². The third kappa shape index (κ3) is 3.86. The van der Waals surface area contributed by atoms with Gasteiger partial charge < -0.3 is 15.6 Å². The molecule has 0 aliphatic carbocycles. The van der Waals surface area contributed by atoms with Crippen LogP contribution in [0, 0.1) is 5.82 Å². The van der Waals surface area contributed by atoms with Gasteiger partial charge in [0.2, 0.25) is 0 Å². The van der Waals surface area contributed by atoms with Gasteiger partial charge in [0.15, 0.2) is 0 Å². The molecule has 3 N–H and O–H groups in total. The van der Waals surface area contributed by atoms with Gasteiger partial charge in [0.1, 0.15) is 11.6 Å². The molecule has 0 radical (unpaired) electrons. The van der Waals surface area contributed by atoms with E-state index in [1.54, 1.807) is 0 Å². The summed E-state index contributed by atoms with van der Waals surface area (Å²) in [7, 11) is 0. The Balaban J connectivity index is 3.02. The molecule has 1 aromatic rings. The van der Waals surface area contributed by atoms with E-state index in [9.17, 15) is 22.7 Å². The number of nitrogens with two attached hydrogens (primary N) is 1. The van der Waals surface area contributed by atoms with Gasteiger partial charge in [-0.15, -0.1) is 13.2 Å². The van der Waals surface area contributed by atoms with Crippen molar-refractivity contribution in [3.63, 3.8) is 0 Å². The molecule has 0 spiro atoms. The molecule has 0 aliphatic rings. The molecular formula is C10H11F4NO2. The van der Waals surface area contributed by atoms with Crippen LogP contribution in [0.15, 0.2) is 18.2 Å². The summed E-state index contributed by atoms with van der Waals surface area (Å²) in [6, 6.07) is 1.56. The van der Waals surface area contributed by atoms with Crippen LogP contribution in [0.5, 0.6) is 5.75 Å². The second kappa shape index (κ2) is 4.89. The number of benzene rings is 1. The Morgan fingerprint density at radius 1 is 1.35 bits per heavy atom. The first-order valence-electron chi connectivity index (χ1n) is 4.69. The van der Waals surface area contributed by atoms with E-state index in [-0.39, 0.29) is 5.56 Å². The van der Waals surface area contributed by atoms with Crippen LogP contribution < -0.4 is 10.5 Å². The minimum atomic E-state index is -4.87. The first-order chi connectivity index (χ1) is 7.70. The third-order valence-electron chi connectivity index (χ3n) is 2.02. The lowest BCUT2D eigenvalue weighted by molar-refractivity contribution is -0.274. The molecule has 0 fully saturated rings. The van der Waals surface area contributed by atoms with E-state index < -0.39 is 30.1 Å². The highest BCUT2D eigenvalue weighted by atomic mass is 19.4. The first-order valence-corrected chi connectivity index (χ1v) is 4.69. The maximum absolute atomic E-state index is 13.3. The van der Waals surface area contributed by atoms with Crippen molar-refractivity contribution >= 4 is 0 Å². The average molecular weight is 253 g/mol. The Labute approximate surface area is 94.8 Å². The molecule has 1 rings (SSSR count). The van der Waals surface area contributed by atoms with Crippen LogP contribution in [0.3, 0.4) is 0 Å². The largest absolute Gasteiger partial charge is 0.573 e. The summed E-state index contributed by atoms with van der Waals surface area (Å²) in [6.45, 7) is 1.40. The van der Waals surface area contributed by atoms with Crippen molar-refractivity contribution in [2.75, 3.05) is 0 Å². The average Bonchev–Trinajstić information content (AvgIpc) is 2.17. The molecule has 0 saturated heterocycles. The van der Waals surface area contributed by atoms with Crippen LogP contribution in [0.25, 0.3) is 0 Å². The molecule has 17 heavy (non-hydrogen) atoms. The van der Waals surface area contributed by atoms with Crippen molar-refractivity contribution in [1.29, 1.82) is 0 Å². The summed E-state index contributed by atoms with van der Waals surface area (Å²) >= 11 is 0. The highest BCUT2D eigenvalue weighted by Crippen LogP contribution is 2.28. The smallest absolute Gasteiger partial charge is 0.406 e. The fraction of sp³-hybridized carbons (Fsp3) is 0.400. The van der Waals surface area contributed by atoms with E-state index in [0.717, 1.165) is 18.2 Å². The zero-order chi connectivity index (χ0) is 13.2. The number of aliphatic hydroxyl groups excluding tert-OH is 1. The molecule has 0 heterocycles. The predicted octanol–water partition coefficient (Wildman–Crippen LogP) is 2.10. The van der Waals surface area contributed by atoms with Crippen LogP contribution in [0.1, 0.15) is 18.6 Å². The summed E-state index contributed by atoms with van der Waals surface area (Å²) in [5.41, 5.74) is 5.00. The molecule has 2 atom stereocenters. The first kappa shape index (κ1) is 13.7. The SMILES string of the molecule is C[C@@H](N)[C@@H](O)c1cc(OC(F)(F)F)ccc1F. The summed E-state index contributed by atoms with van der Waals surface area (Å²) < 4.78 is 52.7. The van der Waals surface area contributed by atoms with Gasteiger partial charge in [-0.25, -0.2) is 4.39 Å². The molecule has 96 valence electrons. The fourth-order valence-electron chi connectivity index (χ4n) is 1.23. The monoisotopic (exact) mass is 253 g/mol. The van der Waals surface area contributed by atoms with E-state index in [2.05, 4.69) is 4.74 Å². The number of hydrogen-bond acceptors (Lipinski definition) is 3. The zero-order valence-electron chi connectivity index (χ0n) is 8.83. The quantitative estimate of drug-likeness (QED) is 0.811. The van der Waals surface area contributed by atoms with Gasteiger partial charge in [-0.2, -0.15) is 0 Å². The van der Waals surface area contributed by atoms with Gasteiger partial charge in [-0.1, -0.05) is 0 Å². The predicted molar refractivity (Wildman–Crippen MR) is 51.7 cm³/mol. The number of aliphatic hydroxyl groups is 1. The molecule has 3 nitrogen and oxygen atoms in total. The number of halogens is 4. The van der Waals surface area contributed by atoms with Gasteiger partial charge in [-0.3, -0.25) is 0 Å². The second-order valence-electron chi connectivity index (χ2n) is 3.54. The van der Waals surface area contributed by atoms with Gasteiger partial charge in [0.05, 0.1) is 6.10 Å². The lowest BCUT2D eigenvalue weighted by Crippen LogP contribution is -2.25. The molecule has 0 saturated carbocycles. The summed E-state index contributed by atoms with van der Waals surface area (Å²) in [5, 5.41) is 9.50. The molecule has 0 aromatic heterocycles. The Hall–Kier alpha value is -1.34. The molecule has 7 heteroatoms. The summed E-state index contributed by atoms with van der Waals surface area (Å²) in [4.78, 5) is 0. The Morgan fingerprint density at radius 3 is 2.41 bits per heavy atom. The van der Waals surface area contributed by atoms with E-state index in [0.29, 0.717) is 0 Å². The van der Waals surface area contributed by atoms with Crippen LogP contribution in [0.2, 0.25) is 0 Å². The van der Waals surface area contributed by atoms with Gasteiger partial charge in [-0.05, 0) is 25.1 Å². The minimum Gasteiger partial charge on any atom is -0.406 e. The number of hydrogen-bond donors (Lipinski definition) is 2. The summed E-state index contributed by atoms with van der Waals surface area (Å²) in [5.74, 6) is -1.45. The van der Waals surface area contributed by atoms with Gasteiger partial charge >= 0.3 is 6.36 Å². The lowest BCUT2D eigenvalue weighted by Gasteiger charge is -2.17. The van der Waals surface area contributed by atoms with E-state index in [4.69, 9.17) is 5.73 Å². The van der Waals surface area contributed by atoms with Crippen molar-refractivity contribution in [2.24, 2.45) is 5.73 Å². The Morgan fingerprint density at radius 2 is 1.94 bits per heavy atom. The molecule has 0 bridgehead atoms. The molecule has 0 aliphatic heterocycles. The van der Waals surface area contributed by atoms with Crippen molar-refractivity contribution in [2.45, 2.75) is 25.4 Å². The molecule has 1 aromatic carbocycles. The maximum atomic E-state index is 13.3. The van der Waals surface area contributed by atoms with Crippen LogP contribution in [0.4, 0.5) is 17.6 Å². The number of rotatable bonds is 3. The third-order valence-corrected chi connectivity index (χ3v) is 2.02. The Bertz CT molecular complexity index is 392. The zero-order valence-corrected chi connectivity index (χ0v) is 8.83.